The van der Waals surface area contributed by atoms with Gasteiger partial charge in [0.1, 0.15) is 0 Å². The molecular weight excluding hydrogens is 270 g/mol. The van der Waals surface area contributed by atoms with Crippen LogP contribution in [0.5, 0.6) is 0 Å². The Bertz CT molecular complexity index is 533. The van der Waals surface area contributed by atoms with E-state index in [0.717, 1.165) is 36.7 Å². The van der Waals surface area contributed by atoms with Crippen molar-refractivity contribution in [2.75, 3.05) is 13.2 Å². The van der Waals surface area contributed by atoms with Crippen LogP contribution in [0.15, 0.2) is 30.3 Å². The van der Waals surface area contributed by atoms with E-state index in [0.29, 0.717) is 13.2 Å². The van der Waals surface area contributed by atoms with Crippen molar-refractivity contribution < 1.29 is 19.4 Å². The quantitative estimate of drug-likeness (QED) is 0.811. The molecule has 21 heavy (non-hydrogen) atoms. The van der Waals surface area contributed by atoms with Crippen LogP contribution < -0.4 is 5.32 Å². The Morgan fingerprint density at radius 3 is 3.00 bits per heavy atom. The normalized spacial score (nSPS) is 18.6. The van der Waals surface area contributed by atoms with E-state index in [1.165, 1.54) is 6.08 Å². The summed E-state index contributed by atoms with van der Waals surface area (Å²) < 4.78 is 5.30. The number of amides is 1. The number of carboxylic acids is 1. The number of ether oxygens (including phenoxy) is 1. The molecule has 112 valence electrons. The van der Waals surface area contributed by atoms with Gasteiger partial charge in [-0.05, 0) is 36.1 Å². The lowest BCUT2D eigenvalue weighted by Gasteiger charge is -2.21. The average molecular weight is 289 g/mol. The molecule has 1 fully saturated rings. The topological polar surface area (TPSA) is 75.6 Å². The Labute approximate surface area is 123 Å². The third kappa shape index (κ3) is 5.04. The van der Waals surface area contributed by atoms with Crippen molar-refractivity contribution in [3.63, 3.8) is 0 Å². The Balaban J connectivity index is 1.89. The molecule has 5 heteroatoms. The minimum atomic E-state index is -0.981. The summed E-state index contributed by atoms with van der Waals surface area (Å²) in [5.41, 5.74) is 1.73. The lowest BCUT2D eigenvalue weighted by molar-refractivity contribution is -0.131. The standard InChI is InChI=1S/C16H19NO4/c18-15(19)7-6-12-3-1-4-13(9-12)10-17-16(20)14-5-2-8-21-11-14/h1,3-4,6-7,9,14H,2,5,8,10-11H2,(H,17,20)(H,18,19). The van der Waals surface area contributed by atoms with Gasteiger partial charge in [-0.1, -0.05) is 18.2 Å². The molecule has 1 aromatic rings. The summed E-state index contributed by atoms with van der Waals surface area (Å²) >= 11 is 0. The lowest BCUT2D eigenvalue weighted by Crippen LogP contribution is -2.35. The number of nitrogens with one attached hydrogen (secondary N) is 1. The van der Waals surface area contributed by atoms with Gasteiger partial charge in [-0.3, -0.25) is 4.79 Å². The maximum Gasteiger partial charge on any atom is 0.328 e. The van der Waals surface area contributed by atoms with Gasteiger partial charge >= 0.3 is 5.97 Å². The third-order valence-corrected chi connectivity index (χ3v) is 3.37. The van der Waals surface area contributed by atoms with Crippen LogP contribution in [0.1, 0.15) is 24.0 Å². The highest BCUT2D eigenvalue weighted by molar-refractivity contribution is 5.85. The number of benzene rings is 1. The average Bonchev–Trinajstić information content (AvgIpc) is 2.52. The number of aliphatic carboxylic acids is 1. The van der Waals surface area contributed by atoms with Crippen molar-refractivity contribution in [3.8, 4) is 0 Å². The molecular formula is C16H19NO4. The van der Waals surface area contributed by atoms with Crippen LogP contribution in [0.3, 0.4) is 0 Å². The predicted molar refractivity (Wildman–Crippen MR) is 78.5 cm³/mol. The van der Waals surface area contributed by atoms with E-state index in [9.17, 15) is 9.59 Å². The highest BCUT2D eigenvalue weighted by atomic mass is 16.5. The first kappa shape index (κ1) is 15.3. The third-order valence-electron chi connectivity index (χ3n) is 3.37. The molecule has 1 aliphatic heterocycles. The molecule has 2 rings (SSSR count). The minimum Gasteiger partial charge on any atom is -0.478 e. The van der Waals surface area contributed by atoms with Crippen molar-refractivity contribution in [1.29, 1.82) is 0 Å². The second-order valence-corrected chi connectivity index (χ2v) is 5.05. The van der Waals surface area contributed by atoms with E-state index in [2.05, 4.69) is 5.32 Å². The van der Waals surface area contributed by atoms with Crippen LogP contribution in [0.2, 0.25) is 0 Å². The molecule has 1 saturated heterocycles. The number of carbonyl (C=O) groups is 2. The molecule has 0 aliphatic carbocycles. The van der Waals surface area contributed by atoms with Crippen LogP contribution in [-0.2, 0) is 20.9 Å². The largest absolute Gasteiger partial charge is 0.478 e. The van der Waals surface area contributed by atoms with Gasteiger partial charge < -0.3 is 15.2 Å². The highest BCUT2D eigenvalue weighted by Gasteiger charge is 2.21. The van der Waals surface area contributed by atoms with Crippen molar-refractivity contribution in [2.24, 2.45) is 5.92 Å². The fourth-order valence-electron chi connectivity index (χ4n) is 2.26. The maximum absolute atomic E-state index is 12.0. The molecule has 1 heterocycles. The minimum absolute atomic E-state index is 0.0150. The second kappa shape index (κ2) is 7.59. The van der Waals surface area contributed by atoms with Gasteiger partial charge in [-0.25, -0.2) is 4.79 Å². The van der Waals surface area contributed by atoms with Gasteiger partial charge in [0.05, 0.1) is 12.5 Å². The fourth-order valence-corrected chi connectivity index (χ4v) is 2.26. The van der Waals surface area contributed by atoms with Crippen LogP contribution >= 0.6 is 0 Å². The van der Waals surface area contributed by atoms with Gasteiger partial charge in [0, 0.05) is 19.2 Å². The Hall–Kier alpha value is -2.14. The van der Waals surface area contributed by atoms with Gasteiger partial charge in [0.15, 0.2) is 0 Å². The number of carbonyl (C=O) groups excluding carboxylic acids is 1. The number of carboxylic acid groups (broad SMARTS) is 1. The number of hydrogen-bond donors (Lipinski definition) is 2. The van der Waals surface area contributed by atoms with E-state index in [1.54, 1.807) is 0 Å². The summed E-state index contributed by atoms with van der Waals surface area (Å²) in [6, 6.07) is 7.42. The first-order valence-electron chi connectivity index (χ1n) is 7.00. The first-order chi connectivity index (χ1) is 10.1. The predicted octanol–water partition coefficient (Wildman–Crippen LogP) is 1.83. The molecule has 1 aliphatic rings. The maximum atomic E-state index is 12.0. The molecule has 1 aromatic carbocycles. The molecule has 5 nitrogen and oxygen atoms in total. The Morgan fingerprint density at radius 2 is 2.29 bits per heavy atom. The summed E-state index contributed by atoms with van der Waals surface area (Å²) in [5, 5.41) is 11.5. The van der Waals surface area contributed by atoms with Gasteiger partial charge in [-0.2, -0.15) is 0 Å². The zero-order valence-electron chi connectivity index (χ0n) is 11.7. The van der Waals surface area contributed by atoms with Crippen molar-refractivity contribution in [2.45, 2.75) is 19.4 Å². The molecule has 1 amide bonds. The molecule has 0 bridgehead atoms. The van der Waals surface area contributed by atoms with Crippen molar-refractivity contribution in [1.82, 2.24) is 5.32 Å². The number of rotatable bonds is 5. The fraction of sp³-hybridized carbons (Fsp3) is 0.375. The SMILES string of the molecule is O=C(O)C=Cc1cccc(CNC(=O)C2CCCOC2)c1. The molecule has 0 radical (unpaired) electrons. The van der Waals surface area contributed by atoms with E-state index >= 15 is 0 Å². The van der Waals surface area contributed by atoms with E-state index in [1.807, 2.05) is 24.3 Å². The summed E-state index contributed by atoms with van der Waals surface area (Å²) in [6.07, 6.45) is 4.42. The molecule has 0 saturated carbocycles. The van der Waals surface area contributed by atoms with E-state index < -0.39 is 5.97 Å². The summed E-state index contributed by atoms with van der Waals surface area (Å²) in [4.78, 5) is 22.5. The highest BCUT2D eigenvalue weighted by Crippen LogP contribution is 2.14. The van der Waals surface area contributed by atoms with Crippen LogP contribution in [0.4, 0.5) is 0 Å². The zero-order chi connectivity index (χ0) is 15.1. The Morgan fingerprint density at radius 1 is 1.43 bits per heavy atom. The number of hydrogen-bond acceptors (Lipinski definition) is 3. The summed E-state index contributed by atoms with van der Waals surface area (Å²) in [7, 11) is 0. The van der Waals surface area contributed by atoms with Crippen LogP contribution in [-0.4, -0.2) is 30.2 Å². The van der Waals surface area contributed by atoms with E-state index in [4.69, 9.17) is 9.84 Å². The lowest BCUT2D eigenvalue weighted by atomic mass is 10.0. The zero-order valence-corrected chi connectivity index (χ0v) is 11.7. The van der Waals surface area contributed by atoms with Gasteiger partial charge in [0.25, 0.3) is 0 Å². The monoisotopic (exact) mass is 289 g/mol. The van der Waals surface area contributed by atoms with Crippen LogP contribution in [0.25, 0.3) is 6.08 Å². The van der Waals surface area contributed by atoms with E-state index in [-0.39, 0.29) is 11.8 Å². The Kier molecular flexibility index (Phi) is 5.51. The smallest absolute Gasteiger partial charge is 0.328 e. The molecule has 2 N–H and O–H groups in total. The van der Waals surface area contributed by atoms with Crippen LogP contribution in [0, 0.1) is 5.92 Å². The molecule has 0 spiro atoms. The first-order valence-corrected chi connectivity index (χ1v) is 7.00. The summed E-state index contributed by atoms with van der Waals surface area (Å²) in [6.45, 7) is 1.67. The summed E-state index contributed by atoms with van der Waals surface area (Å²) in [5.74, 6) is -1.03. The second-order valence-electron chi connectivity index (χ2n) is 5.05. The molecule has 1 unspecified atom stereocenters. The van der Waals surface area contributed by atoms with Crippen molar-refractivity contribution in [3.05, 3.63) is 41.5 Å². The molecule has 0 aromatic heterocycles. The van der Waals surface area contributed by atoms with Crippen molar-refractivity contribution >= 4 is 18.0 Å². The van der Waals surface area contributed by atoms with Gasteiger partial charge in [0.2, 0.25) is 5.91 Å². The molecule has 1 atom stereocenters. The van der Waals surface area contributed by atoms with Gasteiger partial charge in [-0.15, -0.1) is 0 Å².